The predicted molar refractivity (Wildman–Crippen MR) is 122 cm³/mol. The van der Waals surface area contributed by atoms with E-state index in [0.717, 1.165) is 53.7 Å². The summed E-state index contributed by atoms with van der Waals surface area (Å²) in [5.41, 5.74) is 4.61. The predicted octanol–water partition coefficient (Wildman–Crippen LogP) is 4.34. The minimum atomic E-state index is -0.0584. The van der Waals surface area contributed by atoms with Gasteiger partial charge >= 0.3 is 0 Å². The molecule has 0 aliphatic carbocycles. The SMILES string of the molecule is Cc1cccn2c(=O)cc(CSc3ncc(-c4ccccc4)n3CC3CCCO3)nc12. The number of aryl methyl sites for hydroxylation is 1. The first-order valence-electron chi connectivity index (χ1n) is 10.5. The van der Waals surface area contributed by atoms with Crippen molar-refractivity contribution in [2.45, 2.75) is 43.3 Å². The van der Waals surface area contributed by atoms with Gasteiger partial charge in [0.15, 0.2) is 5.16 Å². The van der Waals surface area contributed by atoms with Crippen molar-refractivity contribution in [3.8, 4) is 11.3 Å². The first-order chi connectivity index (χ1) is 15.2. The van der Waals surface area contributed by atoms with Crippen LogP contribution in [-0.4, -0.2) is 31.6 Å². The molecule has 0 bridgehead atoms. The smallest absolute Gasteiger partial charge is 0.258 e. The maximum atomic E-state index is 12.5. The van der Waals surface area contributed by atoms with Gasteiger partial charge in [-0.2, -0.15) is 0 Å². The first kappa shape index (κ1) is 20.0. The van der Waals surface area contributed by atoms with Crippen molar-refractivity contribution < 1.29 is 4.74 Å². The Morgan fingerprint density at radius 2 is 2.06 bits per heavy atom. The van der Waals surface area contributed by atoms with Gasteiger partial charge in [-0.1, -0.05) is 48.2 Å². The Bertz CT molecular complexity index is 1260. The molecule has 3 aromatic heterocycles. The number of pyridine rings is 1. The van der Waals surface area contributed by atoms with Gasteiger partial charge in [-0.15, -0.1) is 0 Å². The van der Waals surface area contributed by atoms with Gasteiger partial charge in [0.1, 0.15) is 5.65 Å². The lowest BCUT2D eigenvalue weighted by Crippen LogP contribution is -2.17. The molecule has 1 aliphatic rings. The van der Waals surface area contributed by atoms with Gasteiger partial charge < -0.3 is 9.30 Å². The first-order valence-corrected chi connectivity index (χ1v) is 11.5. The van der Waals surface area contributed by atoms with Crippen LogP contribution in [0.4, 0.5) is 0 Å². The molecule has 0 radical (unpaired) electrons. The highest BCUT2D eigenvalue weighted by Gasteiger charge is 2.21. The summed E-state index contributed by atoms with van der Waals surface area (Å²) in [6, 6.07) is 15.8. The second-order valence-electron chi connectivity index (χ2n) is 7.80. The van der Waals surface area contributed by atoms with E-state index in [0.29, 0.717) is 11.4 Å². The topological polar surface area (TPSA) is 61.4 Å². The van der Waals surface area contributed by atoms with Crippen LogP contribution in [0.1, 0.15) is 24.1 Å². The summed E-state index contributed by atoms with van der Waals surface area (Å²) in [6.45, 7) is 3.57. The van der Waals surface area contributed by atoms with Crippen molar-refractivity contribution >= 4 is 17.4 Å². The van der Waals surface area contributed by atoms with E-state index in [1.807, 2.05) is 43.5 Å². The van der Waals surface area contributed by atoms with Crippen LogP contribution < -0.4 is 5.56 Å². The molecule has 0 N–H and O–H groups in total. The van der Waals surface area contributed by atoms with E-state index in [4.69, 9.17) is 14.7 Å². The van der Waals surface area contributed by atoms with Gasteiger partial charge in [-0.25, -0.2) is 9.97 Å². The summed E-state index contributed by atoms with van der Waals surface area (Å²) in [5.74, 6) is 0.580. The molecule has 4 aromatic rings. The molecule has 6 nitrogen and oxygen atoms in total. The summed E-state index contributed by atoms with van der Waals surface area (Å²) in [4.78, 5) is 22.0. The Hall–Kier alpha value is -2.90. The van der Waals surface area contributed by atoms with Crippen LogP contribution in [0.5, 0.6) is 0 Å². The number of imidazole rings is 1. The molecule has 1 aromatic carbocycles. The summed E-state index contributed by atoms with van der Waals surface area (Å²) in [5, 5.41) is 0.918. The molecule has 5 rings (SSSR count). The molecule has 1 atom stereocenters. The largest absolute Gasteiger partial charge is 0.376 e. The zero-order valence-electron chi connectivity index (χ0n) is 17.4. The summed E-state index contributed by atoms with van der Waals surface area (Å²) in [7, 11) is 0. The number of rotatable bonds is 6. The minimum Gasteiger partial charge on any atom is -0.376 e. The molecule has 1 unspecified atom stereocenters. The third-order valence-electron chi connectivity index (χ3n) is 5.59. The molecule has 0 saturated carbocycles. The fraction of sp³-hybridized carbons (Fsp3) is 0.292. The Balaban J connectivity index is 1.45. The number of fused-ring (bicyclic) bond motifs is 1. The molecule has 158 valence electrons. The standard InChI is InChI=1S/C24H24N4O2S/c1-17-7-5-11-27-22(29)13-19(26-23(17)27)16-31-24-25-14-21(18-8-3-2-4-9-18)28(24)15-20-10-6-12-30-20/h2-5,7-9,11,13-14,20H,6,10,12,15-16H2,1H3. The van der Waals surface area contributed by atoms with Crippen LogP contribution in [0.3, 0.4) is 0 Å². The van der Waals surface area contributed by atoms with Gasteiger partial charge in [0, 0.05) is 24.6 Å². The van der Waals surface area contributed by atoms with Crippen LogP contribution in [0, 0.1) is 6.92 Å². The third-order valence-corrected chi connectivity index (χ3v) is 6.61. The quantitative estimate of drug-likeness (QED) is 0.424. The van der Waals surface area contributed by atoms with Gasteiger partial charge in [0.2, 0.25) is 0 Å². The van der Waals surface area contributed by atoms with Crippen molar-refractivity contribution in [3.63, 3.8) is 0 Å². The Morgan fingerprint density at radius 3 is 2.87 bits per heavy atom. The Morgan fingerprint density at radius 1 is 1.19 bits per heavy atom. The van der Waals surface area contributed by atoms with Gasteiger partial charge in [-0.3, -0.25) is 9.20 Å². The van der Waals surface area contributed by atoms with Gasteiger partial charge in [0.25, 0.3) is 5.56 Å². The minimum absolute atomic E-state index is 0.0584. The average molecular weight is 433 g/mol. The van der Waals surface area contributed by atoms with Crippen molar-refractivity contribution in [3.05, 3.63) is 82.5 Å². The molecular weight excluding hydrogens is 408 g/mol. The lowest BCUT2D eigenvalue weighted by molar-refractivity contribution is 0.0954. The van der Waals surface area contributed by atoms with E-state index in [9.17, 15) is 4.79 Å². The van der Waals surface area contributed by atoms with Crippen LogP contribution in [0.25, 0.3) is 16.9 Å². The fourth-order valence-electron chi connectivity index (χ4n) is 4.00. The monoisotopic (exact) mass is 432 g/mol. The molecular formula is C24H24N4O2S. The number of aromatic nitrogens is 4. The summed E-state index contributed by atoms with van der Waals surface area (Å²) < 4.78 is 9.74. The van der Waals surface area contributed by atoms with Crippen LogP contribution in [0.15, 0.2) is 70.9 Å². The fourth-order valence-corrected chi connectivity index (χ4v) is 4.88. The zero-order valence-corrected chi connectivity index (χ0v) is 18.2. The van der Waals surface area contributed by atoms with E-state index in [1.54, 1.807) is 28.4 Å². The van der Waals surface area contributed by atoms with Gasteiger partial charge in [-0.05, 0) is 37.0 Å². The van der Waals surface area contributed by atoms with Gasteiger partial charge in [0.05, 0.1) is 30.2 Å². The lowest BCUT2D eigenvalue weighted by Gasteiger charge is -2.16. The number of benzene rings is 1. The molecule has 0 spiro atoms. The molecule has 1 saturated heterocycles. The maximum absolute atomic E-state index is 12.5. The van der Waals surface area contributed by atoms with Crippen molar-refractivity contribution in [2.75, 3.05) is 6.61 Å². The number of nitrogens with zero attached hydrogens (tertiary/aromatic N) is 4. The van der Waals surface area contributed by atoms with Crippen LogP contribution >= 0.6 is 11.8 Å². The van der Waals surface area contributed by atoms with Crippen molar-refractivity contribution in [2.24, 2.45) is 0 Å². The van der Waals surface area contributed by atoms with E-state index in [1.165, 1.54) is 0 Å². The average Bonchev–Trinajstić information content (AvgIpc) is 3.44. The molecule has 1 aliphatic heterocycles. The van der Waals surface area contributed by atoms with Crippen molar-refractivity contribution in [1.29, 1.82) is 0 Å². The third kappa shape index (κ3) is 4.16. The number of hydrogen-bond donors (Lipinski definition) is 0. The lowest BCUT2D eigenvalue weighted by atomic mass is 10.1. The Labute approximate surface area is 184 Å². The molecule has 7 heteroatoms. The second-order valence-corrected chi connectivity index (χ2v) is 8.74. The van der Waals surface area contributed by atoms with Crippen molar-refractivity contribution in [1.82, 2.24) is 18.9 Å². The number of hydrogen-bond acceptors (Lipinski definition) is 5. The van der Waals surface area contributed by atoms with Crippen LogP contribution in [0.2, 0.25) is 0 Å². The molecule has 4 heterocycles. The number of ether oxygens (including phenoxy) is 1. The normalized spacial score (nSPS) is 16.2. The van der Waals surface area contributed by atoms with E-state index < -0.39 is 0 Å². The second kappa shape index (κ2) is 8.69. The molecule has 31 heavy (non-hydrogen) atoms. The highest BCUT2D eigenvalue weighted by molar-refractivity contribution is 7.98. The van der Waals surface area contributed by atoms with E-state index >= 15 is 0 Å². The van der Waals surface area contributed by atoms with E-state index in [-0.39, 0.29) is 11.7 Å². The summed E-state index contributed by atoms with van der Waals surface area (Å²) >= 11 is 1.61. The molecule has 1 fully saturated rings. The summed E-state index contributed by atoms with van der Waals surface area (Å²) in [6.07, 6.45) is 6.07. The highest BCUT2D eigenvalue weighted by Crippen LogP contribution is 2.29. The van der Waals surface area contributed by atoms with E-state index in [2.05, 4.69) is 16.7 Å². The zero-order chi connectivity index (χ0) is 21.2. The van der Waals surface area contributed by atoms with Crippen LogP contribution in [-0.2, 0) is 17.0 Å². The maximum Gasteiger partial charge on any atom is 0.258 e. The molecule has 0 amide bonds. The highest BCUT2D eigenvalue weighted by atomic mass is 32.2. The Kier molecular flexibility index (Phi) is 5.61. The number of thioether (sulfide) groups is 1.